The number of hydrogen-bond acceptors (Lipinski definition) is 0. The van der Waals surface area contributed by atoms with Gasteiger partial charge in [0.15, 0.2) is 0 Å². The van der Waals surface area contributed by atoms with Crippen LogP contribution in [-0.2, 0) is 12.8 Å². The predicted molar refractivity (Wildman–Crippen MR) is 80.3 cm³/mol. The Morgan fingerprint density at radius 3 is 1.94 bits per heavy atom. The van der Waals surface area contributed by atoms with Crippen molar-refractivity contribution < 1.29 is 0 Å². The minimum Gasteiger partial charge on any atom is -0.0843 e. The molecule has 0 atom stereocenters. The van der Waals surface area contributed by atoms with Crippen LogP contribution < -0.4 is 0 Å². The van der Waals surface area contributed by atoms with Crippen molar-refractivity contribution in [2.45, 2.75) is 12.8 Å². The topological polar surface area (TPSA) is 0 Å². The Balaban J connectivity index is 2.13. The average Bonchev–Trinajstić information content (AvgIpc) is 2.32. The summed E-state index contributed by atoms with van der Waals surface area (Å²) in [4.78, 5) is 0. The predicted octanol–water partition coefficient (Wildman–Crippen LogP) is 6.09. The molecular formula is C14H10Cl4. The molecule has 18 heavy (non-hydrogen) atoms. The Kier molecular flexibility index (Phi) is 4.80. The minimum absolute atomic E-state index is 0.643. The summed E-state index contributed by atoms with van der Waals surface area (Å²) in [5.41, 5.74) is 2.08. The number of aryl methyl sites for hydroxylation is 2. The summed E-state index contributed by atoms with van der Waals surface area (Å²) < 4.78 is 0. The van der Waals surface area contributed by atoms with Gasteiger partial charge in [-0.1, -0.05) is 52.5 Å². The maximum Gasteiger partial charge on any atom is 0.0452 e. The molecule has 0 unspecified atom stereocenters. The highest BCUT2D eigenvalue weighted by molar-refractivity contribution is 6.35. The molecule has 0 aliphatic carbocycles. The molecule has 0 aromatic heterocycles. The van der Waals surface area contributed by atoms with E-state index < -0.39 is 0 Å². The molecule has 2 rings (SSSR count). The highest BCUT2D eigenvalue weighted by atomic mass is 35.5. The first-order valence-electron chi connectivity index (χ1n) is 5.44. The molecule has 0 amide bonds. The van der Waals surface area contributed by atoms with Crippen molar-refractivity contribution in [2.24, 2.45) is 0 Å². The van der Waals surface area contributed by atoms with E-state index in [1.165, 1.54) is 0 Å². The van der Waals surface area contributed by atoms with E-state index >= 15 is 0 Å². The van der Waals surface area contributed by atoms with Crippen LogP contribution in [0.1, 0.15) is 11.1 Å². The van der Waals surface area contributed by atoms with E-state index in [0.717, 1.165) is 29.0 Å². The molecular weight excluding hydrogens is 310 g/mol. The molecule has 0 aliphatic rings. The first-order chi connectivity index (χ1) is 8.56. The fourth-order valence-corrected chi connectivity index (χ4v) is 2.64. The van der Waals surface area contributed by atoms with Crippen LogP contribution in [0.15, 0.2) is 36.4 Å². The maximum atomic E-state index is 6.12. The number of halogens is 4. The van der Waals surface area contributed by atoms with Gasteiger partial charge in [-0.2, -0.15) is 0 Å². The van der Waals surface area contributed by atoms with Crippen molar-refractivity contribution in [1.29, 1.82) is 0 Å². The normalized spacial score (nSPS) is 10.7. The standard InChI is InChI=1S/C14H10Cl4/c15-11-5-6-13(17)10(7-11)2-1-9-3-4-12(16)8-14(9)18/h3-8H,1-2H2. The van der Waals surface area contributed by atoms with Crippen LogP contribution in [-0.4, -0.2) is 0 Å². The van der Waals surface area contributed by atoms with Crippen LogP contribution in [0, 0.1) is 0 Å². The molecule has 0 bridgehead atoms. The molecule has 0 nitrogen and oxygen atoms in total. The van der Waals surface area contributed by atoms with Gasteiger partial charge in [0, 0.05) is 20.1 Å². The fourth-order valence-electron chi connectivity index (χ4n) is 1.73. The maximum absolute atomic E-state index is 6.12. The SMILES string of the molecule is Clc1ccc(CCc2cc(Cl)ccc2Cl)c(Cl)c1. The summed E-state index contributed by atoms with van der Waals surface area (Å²) in [5.74, 6) is 0. The lowest BCUT2D eigenvalue weighted by molar-refractivity contribution is 0.961. The van der Waals surface area contributed by atoms with Crippen molar-refractivity contribution in [3.8, 4) is 0 Å². The summed E-state index contributed by atoms with van der Waals surface area (Å²) in [6.45, 7) is 0. The zero-order chi connectivity index (χ0) is 13.1. The van der Waals surface area contributed by atoms with Crippen LogP contribution >= 0.6 is 46.4 Å². The molecule has 0 N–H and O–H groups in total. The molecule has 0 heterocycles. The van der Waals surface area contributed by atoms with Gasteiger partial charge in [0.05, 0.1) is 0 Å². The summed E-state index contributed by atoms with van der Waals surface area (Å²) >= 11 is 24.0. The molecule has 0 spiro atoms. The Morgan fingerprint density at radius 1 is 0.611 bits per heavy atom. The van der Waals surface area contributed by atoms with Crippen LogP contribution in [0.4, 0.5) is 0 Å². The van der Waals surface area contributed by atoms with Crippen LogP contribution in [0.25, 0.3) is 0 Å². The monoisotopic (exact) mass is 318 g/mol. The first-order valence-corrected chi connectivity index (χ1v) is 6.95. The van der Waals surface area contributed by atoms with E-state index in [1.54, 1.807) is 12.1 Å². The van der Waals surface area contributed by atoms with Crippen molar-refractivity contribution >= 4 is 46.4 Å². The Labute approximate surface area is 126 Å². The molecule has 2 aromatic carbocycles. The Hall–Kier alpha value is -0.400. The quantitative estimate of drug-likeness (QED) is 0.642. The van der Waals surface area contributed by atoms with Gasteiger partial charge in [-0.15, -0.1) is 0 Å². The number of benzene rings is 2. The van der Waals surface area contributed by atoms with Crippen molar-refractivity contribution in [3.05, 3.63) is 67.6 Å². The molecule has 94 valence electrons. The number of hydrogen-bond donors (Lipinski definition) is 0. The second-order valence-electron chi connectivity index (χ2n) is 3.97. The largest absolute Gasteiger partial charge is 0.0843 e. The second kappa shape index (κ2) is 6.16. The van der Waals surface area contributed by atoms with Gasteiger partial charge in [0.25, 0.3) is 0 Å². The third kappa shape index (κ3) is 3.55. The zero-order valence-electron chi connectivity index (χ0n) is 9.39. The molecule has 0 saturated carbocycles. The zero-order valence-corrected chi connectivity index (χ0v) is 12.4. The first kappa shape index (κ1) is 14.0. The molecule has 0 radical (unpaired) electrons. The third-order valence-corrected chi connectivity index (χ3v) is 3.88. The lowest BCUT2D eigenvalue weighted by atomic mass is 10.0. The van der Waals surface area contributed by atoms with Crippen molar-refractivity contribution in [2.75, 3.05) is 0 Å². The van der Waals surface area contributed by atoms with Crippen LogP contribution in [0.2, 0.25) is 20.1 Å². The lowest BCUT2D eigenvalue weighted by Gasteiger charge is -2.07. The van der Waals surface area contributed by atoms with E-state index in [1.807, 2.05) is 24.3 Å². The summed E-state index contributed by atoms with van der Waals surface area (Å²) in [5, 5.41) is 2.74. The van der Waals surface area contributed by atoms with E-state index in [0.29, 0.717) is 15.1 Å². The van der Waals surface area contributed by atoms with E-state index in [9.17, 15) is 0 Å². The lowest BCUT2D eigenvalue weighted by Crippen LogP contribution is -1.93. The summed E-state index contributed by atoms with van der Waals surface area (Å²) in [6, 6.07) is 11.0. The smallest absolute Gasteiger partial charge is 0.0452 e. The van der Waals surface area contributed by atoms with Gasteiger partial charge < -0.3 is 0 Å². The second-order valence-corrected chi connectivity index (χ2v) is 5.66. The molecule has 0 fully saturated rings. The van der Waals surface area contributed by atoms with Gasteiger partial charge in [-0.25, -0.2) is 0 Å². The van der Waals surface area contributed by atoms with Crippen molar-refractivity contribution in [3.63, 3.8) is 0 Å². The van der Waals surface area contributed by atoms with Gasteiger partial charge in [0.1, 0.15) is 0 Å². The van der Waals surface area contributed by atoms with E-state index in [4.69, 9.17) is 46.4 Å². The van der Waals surface area contributed by atoms with Gasteiger partial charge in [-0.3, -0.25) is 0 Å². The van der Waals surface area contributed by atoms with Gasteiger partial charge in [-0.05, 0) is 54.3 Å². The third-order valence-electron chi connectivity index (χ3n) is 2.69. The number of rotatable bonds is 3. The molecule has 0 saturated heterocycles. The van der Waals surface area contributed by atoms with Crippen LogP contribution in [0.5, 0.6) is 0 Å². The highest BCUT2D eigenvalue weighted by Gasteiger charge is 2.05. The van der Waals surface area contributed by atoms with Gasteiger partial charge >= 0.3 is 0 Å². The van der Waals surface area contributed by atoms with Crippen LogP contribution in [0.3, 0.4) is 0 Å². The van der Waals surface area contributed by atoms with E-state index in [-0.39, 0.29) is 0 Å². The minimum atomic E-state index is 0.643. The van der Waals surface area contributed by atoms with Crippen molar-refractivity contribution in [1.82, 2.24) is 0 Å². The van der Waals surface area contributed by atoms with E-state index in [2.05, 4.69) is 0 Å². The Bertz CT molecular complexity index is 564. The molecule has 0 aliphatic heterocycles. The van der Waals surface area contributed by atoms with Gasteiger partial charge in [0.2, 0.25) is 0 Å². The summed E-state index contributed by atoms with van der Waals surface area (Å²) in [7, 11) is 0. The Morgan fingerprint density at radius 2 is 1.22 bits per heavy atom. The highest BCUT2D eigenvalue weighted by Crippen LogP contribution is 2.25. The average molecular weight is 320 g/mol. The molecule has 4 heteroatoms. The fraction of sp³-hybridized carbons (Fsp3) is 0.143. The summed E-state index contributed by atoms with van der Waals surface area (Å²) in [6.07, 6.45) is 1.59. The molecule has 2 aromatic rings.